The topological polar surface area (TPSA) is 36.3 Å². The first-order valence-corrected chi connectivity index (χ1v) is 6.12. The highest BCUT2D eigenvalue weighted by atomic mass is 16.6. The molecule has 1 aliphatic heterocycles. The van der Waals surface area contributed by atoms with Crippen LogP contribution in [0.1, 0.15) is 17.0 Å². The second-order valence-corrected chi connectivity index (χ2v) is 4.56. The molecule has 0 N–H and O–H groups in total. The molecular formula is C14H16N2O2. The molecule has 0 unspecified atom stereocenters. The van der Waals surface area contributed by atoms with Crippen molar-refractivity contribution in [3.8, 4) is 11.5 Å². The Morgan fingerprint density at radius 3 is 2.61 bits per heavy atom. The molecule has 1 aliphatic rings. The van der Waals surface area contributed by atoms with E-state index in [1.807, 2.05) is 23.7 Å². The summed E-state index contributed by atoms with van der Waals surface area (Å²) >= 11 is 0. The van der Waals surface area contributed by atoms with Crippen molar-refractivity contribution in [2.24, 2.45) is 0 Å². The van der Waals surface area contributed by atoms with Gasteiger partial charge in [-0.05, 0) is 37.6 Å². The molecule has 0 saturated carbocycles. The number of aromatic nitrogens is 2. The lowest BCUT2D eigenvalue weighted by Crippen LogP contribution is -2.15. The Bertz CT molecular complexity index is 575. The normalized spacial score (nSPS) is 13.7. The summed E-state index contributed by atoms with van der Waals surface area (Å²) in [6.45, 7) is 6.09. The Hall–Kier alpha value is -1.97. The quantitative estimate of drug-likeness (QED) is 0.813. The molecule has 0 atom stereocenters. The van der Waals surface area contributed by atoms with E-state index in [0.717, 1.165) is 23.7 Å². The average Bonchev–Trinajstić information content (AvgIpc) is 2.68. The zero-order chi connectivity index (χ0) is 12.5. The van der Waals surface area contributed by atoms with Crippen LogP contribution in [-0.2, 0) is 6.54 Å². The molecule has 0 fully saturated rings. The Morgan fingerprint density at radius 2 is 1.89 bits per heavy atom. The van der Waals surface area contributed by atoms with E-state index in [0.29, 0.717) is 13.2 Å². The summed E-state index contributed by atoms with van der Waals surface area (Å²) in [5.41, 5.74) is 3.39. The second-order valence-electron chi connectivity index (χ2n) is 4.56. The molecule has 4 nitrogen and oxygen atoms in total. The summed E-state index contributed by atoms with van der Waals surface area (Å²) in [7, 11) is 0. The first-order chi connectivity index (χ1) is 8.72. The number of hydrogen-bond donors (Lipinski definition) is 0. The summed E-state index contributed by atoms with van der Waals surface area (Å²) in [6, 6.07) is 8.14. The van der Waals surface area contributed by atoms with Crippen molar-refractivity contribution < 1.29 is 9.47 Å². The van der Waals surface area contributed by atoms with E-state index in [9.17, 15) is 0 Å². The number of fused-ring (bicyclic) bond motifs is 1. The van der Waals surface area contributed by atoms with E-state index >= 15 is 0 Å². The lowest BCUT2D eigenvalue weighted by Gasteiger charge is -2.19. The Kier molecular flexibility index (Phi) is 2.70. The predicted octanol–water partition coefficient (Wildman–Crippen LogP) is 2.32. The van der Waals surface area contributed by atoms with Crippen molar-refractivity contribution in [2.75, 3.05) is 13.2 Å². The van der Waals surface area contributed by atoms with Crippen LogP contribution in [0.4, 0.5) is 0 Å². The van der Waals surface area contributed by atoms with Gasteiger partial charge in [0.15, 0.2) is 11.5 Å². The van der Waals surface area contributed by atoms with E-state index in [1.54, 1.807) is 0 Å². The van der Waals surface area contributed by atoms with Gasteiger partial charge in [0.05, 0.1) is 12.2 Å². The van der Waals surface area contributed by atoms with Gasteiger partial charge in [0.2, 0.25) is 0 Å². The van der Waals surface area contributed by atoms with Crippen LogP contribution in [0.25, 0.3) is 0 Å². The number of aryl methyl sites for hydroxylation is 2. The zero-order valence-corrected chi connectivity index (χ0v) is 10.6. The Labute approximate surface area is 106 Å². The van der Waals surface area contributed by atoms with E-state index in [-0.39, 0.29) is 0 Å². The molecule has 2 heterocycles. The van der Waals surface area contributed by atoms with E-state index in [1.165, 1.54) is 11.3 Å². The molecular weight excluding hydrogens is 228 g/mol. The van der Waals surface area contributed by atoms with Crippen molar-refractivity contribution in [2.45, 2.75) is 20.4 Å². The van der Waals surface area contributed by atoms with Crippen molar-refractivity contribution in [1.82, 2.24) is 9.78 Å². The lowest BCUT2D eigenvalue weighted by molar-refractivity contribution is 0.171. The minimum Gasteiger partial charge on any atom is -0.486 e. The second kappa shape index (κ2) is 4.37. The number of hydrogen-bond acceptors (Lipinski definition) is 3. The fraction of sp³-hybridized carbons (Fsp3) is 0.357. The third kappa shape index (κ3) is 2.06. The Morgan fingerprint density at radius 1 is 1.11 bits per heavy atom. The van der Waals surface area contributed by atoms with Crippen molar-refractivity contribution in [1.29, 1.82) is 0 Å². The highest BCUT2D eigenvalue weighted by Gasteiger charge is 2.12. The van der Waals surface area contributed by atoms with Crippen LogP contribution in [0, 0.1) is 13.8 Å². The summed E-state index contributed by atoms with van der Waals surface area (Å²) in [4.78, 5) is 0. The van der Waals surface area contributed by atoms with Crippen LogP contribution in [0.3, 0.4) is 0 Å². The maximum absolute atomic E-state index is 5.58. The first kappa shape index (κ1) is 11.1. The molecule has 2 aromatic rings. The van der Waals surface area contributed by atoms with Gasteiger partial charge in [-0.25, -0.2) is 0 Å². The van der Waals surface area contributed by atoms with Crippen molar-refractivity contribution >= 4 is 0 Å². The molecule has 3 rings (SSSR count). The van der Waals surface area contributed by atoms with Gasteiger partial charge in [0.25, 0.3) is 0 Å². The third-order valence-electron chi connectivity index (χ3n) is 3.04. The van der Waals surface area contributed by atoms with E-state index < -0.39 is 0 Å². The van der Waals surface area contributed by atoms with Gasteiger partial charge in [-0.1, -0.05) is 6.07 Å². The average molecular weight is 244 g/mol. The molecule has 0 radical (unpaired) electrons. The van der Waals surface area contributed by atoms with Crippen molar-refractivity contribution in [3.05, 3.63) is 41.2 Å². The van der Waals surface area contributed by atoms with Crippen LogP contribution in [-0.4, -0.2) is 23.0 Å². The number of nitrogens with zero attached hydrogens (tertiary/aromatic N) is 2. The van der Waals surface area contributed by atoms with Gasteiger partial charge in [-0.2, -0.15) is 5.10 Å². The highest BCUT2D eigenvalue weighted by molar-refractivity contribution is 5.43. The summed E-state index contributed by atoms with van der Waals surface area (Å²) in [5.74, 6) is 1.67. The summed E-state index contributed by atoms with van der Waals surface area (Å²) < 4.78 is 13.1. The molecule has 0 aliphatic carbocycles. The maximum atomic E-state index is 5.58. The van der Waals surface area contributed by atoms with Gasteiger partial charge < -0.3 is 9.47 Å². The number of ether oxygens (including phenoxy) is 2. The van der Waals surface area contributed by atoms with Crippen molar-refractivity contribution in [3.63, 3.8) is 0 Å². The molecule has 0 amide bonds. The molecule has 0 bridgehead atoms. The third-order valence-corrected chi connectivity index (χ3v) is 3.04. The molecule has 4 heteroatoms. The maximum Gasteiger partial charge on any atom is 0.161 e. The first-order valence-electron chi connectivity index (χ1n) is 6.12. The van der Waals surface area contributed by atoms with Gasteiger partial charge >= 0.3 is 0 Å². The zero-order valence-electron chi connectivity index (χ0n) is 10.6. The van der Waals surface area contributed by atoms with Crippen LogP contribution >= 0.6 is 0 Å². The minimum absolute atomic E-state index is 0.621. The molecule has 1 aromatic heterocycles. The smallest absolute Gasteiger partial charge is 0.161 e. The van der Waals surface area contributed by atoms with Gasteiger partial charge in [-0.15, -0.1) is 0 Å². The molecule has 18 heavy (non-hydrogen) atoms. The molecule has 1 aromatic carbocycles. The highest BCUT2D eigenvalue weighted by Crippen LogP contribution is 2.30. The number of benzene rings is 1. The predicted molar refractivity (Wildman–Crippen MR) is 68.2 cm³/mol. The summed E-state index contributed by atoms with van der Waals surface area (Å²) in [6.07, 6.45) is 0. The van der Waals surface area contributed by atoms with Gasteiger partial charge in [0, 0.05) is 5.69 Å². The van der Waals surface area contributed by atoms with E-state index in [2.05, 4.69) is 24.2 Å². The fourth-order valence-corrected chi connectivity index (χ4v) is 2.19. The van der Waals surface area contributed by atoms with E-state index in [4.69, 9.17) is 9.47 Å². The molecule has 0 spiro atoms. The minimum atomic E-state index is 0.621. The standard InChI is InChI=1S/C14H16N2O2/c1-10-7-11(2)16(15-10)9-12-3-4-13-14(8-12)18-6-5-17-13/h3-4,7-8H,5-6,9H2,1-2H3. The van der Waals surface area contributed by atoms with Crippen LogP contribution in [0.2, 0.25) is 0 Å². The largest absolute Gasteiger partial charge is 0.486 e. The fourth-order valence-electron chi connectivity index (χ4n) is 2.19. The molecule has 94 valence electrons. The van der Waals surface area contributed by atoms with Gasteiger partial charge in [-0.3, -0.25) is 4.68 Å². The van der Waals surface area contributed by atoms with Crippen LogP contribution < -0.4 is 9.47 Å². The van der Waals surface area contributed by atoms with Gasteiger partial charge in [0.1, 0.15) is 13.2 Å². The SMILES string of the molecule is Cc1cc(C)n(Cc2ccc3c(c2)OCCO3)n1. The number of rotatable bonds is 2. The lowest BCUT2D eigenvalue weighted by atomic mass is 10.2. The van der Waals surface area contributed by atoms with Crippen LogP contribution in [0.5, 0.6) is 11.5 Å². The molecule has 0 saturated heterocycles. The summed E-state index contributed by atoms with van der Waals surface area (Å²) in [5, 5.41) is 4.46. The monoisotopic (exact) mass is 244 g/mol. The Balaban J connectivity index is 1.87. The van der Waals surface area contributed by atoms with Crippen LogP contribution in [0.15, 0.2) is 24.3 Å².